The molecule has 1 aliphatic heterocycles. The van der Waals surface area contributed by atoms with Crippen LogP contribution in [0.5, 0.6) is 0 Å². The number of nitrogens with one attached hydrogen (secondary N) is 2. The summed E-state index contributed by atoms with van der Waals surface area (Å²) in [5.74, 6) is 0.476. The highest BCUT2D eigenvalue weighted by Crippen LogP contribution is 2.16. The lowest BCUT2D eigenvalue weighted by atomic mass is 10.0. The topological polar surface area (TPSA) is 50.4 Å². The Labute approximate surface area is 108 Å². The maximum Gasteiger partial charge on any atom is 0.239 e. The van der Waals surface area contributed by atoms with E-state index in [0.29, 0.717) is 12.5 Å². The van der Waals surface area contributed by atoms with Crippen LogP contribution < -0.4 is 10.6 Å². The molecule has 2 atom stereocenters. The first-order valence-corrected chi connectivity index (χ1v) is 6.42. The van der Waals surface area contributed by atoms with E-state index < -0.39 is 0 Å². The molecule has 0 saturated carbocycles. The monoisotopic (exact) mass is 248 g/mol. The van der Waals surface area contributed by atoms with Gasteiger partial charge in [-0.25, -0.2) is 0 Å². The largest absolute Gasteiger partial charge is 0.381 e. The van der Waals surface area contributed by atoms with Crippen molar-refractivity contribution in [2.24, 2.45) is 5.92 Å². The van der Waals surface area contributed by atoms with Crippen molar-refractivity contribution >= 4 is 11.6 Å². The third-order valence-corrected chi connectivity index (χ3v) is 3.29. The summed E-state index contributed by atoms with van der Waals surface area (Å²) in [5.41, 5.74) is 0.963. The molecule has 2 N–H and O–H groups in total. The lowest BCUT2D eigenvalue weighted by Gasteiger charge is -2.19. The number of hydrogen-bond acceptors (Lipinski definition) is 3. The Kier molecular flexibility index (Phi) is 4.59. The predicted molar refractivity (Wildman–Crippen MR) is 71.5 cm³/mol. The molecule has 1 saturated heterocycles. The van der Waals surface area contributed by atoms with Crippen molar-refractivity contribution in [2.45, 2.75) is 19.4 Å². The number of carbonyl (C=O) groups excluding carboxylic acids is 1. The number of amides is 1. The predicted octanol–water partition coefficient (Wildman–Crippen LogP) is 1.64. The summed E-state index contributed by atoms with van der Waals surface area (Å²) in [6.07, 6.45) is 1.04. The van der Waals surface area contributed by atoms with Gasteiger partial charge in [-0.2, -0.15) is 0 Å². The number of rotatable bonds is 5. The summed E-state index contributed by atoms with van der Waals surface area (Å²) in [6.45, 7) is 3.92. The van der Waals surface area contributed by atoms with Gasteiger partial charge in [0.1, 0.15) is 0 Å². The van der Waals surface area contributed by atoms with E-state index in [1.807, 2.05) is 37.3 Å². The van der Waals surface area contributed by atoms with Crippen molar-refractivity contribution in [3.63, 3.8) is 0 Å². The van der Waals surface area contributed by atoms with Gasteiger partial charge in [0.15, 0.2) is 0 Å². The van der Waals surface area contributed by atoms with Crippen LogP contribution in [0.3, 0.4) is 0 Å². The van der Waals surface area contributed by atoms with E-state index in [0.717, 1.165) is 25.3 Å². The second-order valence-electron chi connectivity index (χ2n) is 4.70. The second-order valence-corrected chi connectivity index (χ2v) is 4.70. The van der Waals surface area contributed by atoms with E-state index in [9.17, 15) is 4.79 Å². The van der Waals surface area contributed by atoms with Crippen molar-refractivity contribution in [2.75, 3.05) is 25.1 Å². The highest BCUT2D eigenvalue weighted by Gasteiger charge is 2.23. The number of hydrogen-bond donors (Lipinski definition) is 2. The van der Waals surface area contributed by atoms with Gasteiger partial charge in [-0.3, -0.25) is 4.79 Å². The highest BCUT2D eigenvalue weighted by molar-refractivity contribution is 5.80. The summed E-state index contributed by atoms with van der Waals surface area (Å²) in [4.78, 5) is 11.8. The molecule has 0 aliphatic carbocycles. The molecule has 4 heteroatoms. The quantitative estimate of drug-likeness (QED) is 0.833. The number of anilines is 1. The summed E-state index contributed by atoms with van der Waals surface area (Å²) in [7, 11) is 0. The Morgan fingerprint density at radius 2 is 2.22 bits per heavy atom. The van der Waals surface area contributed by atoms with Crippen LogP contribution in [-0.2, 0) is 9.53 Å². The van der Waals surface area contributed by atoms with E-state index in [2.05, 4.69) is 10.6 Å². The first-order valence-electron chi connectivity index (χ1n) is 6.42. The van der Waals surface area contributed by atoms with Crippen molar-refractivity contribution < 1.29 is 9.53 Å². The smallest absolute Gasteiger partial charge is 0.239 e. The molecule has 18 heavy (non-hydrogen) atoms. The molecule has 2 unspecified atom stereocenters. The van der Waals surface area contributed by atoms with Crippen LogP contribution in [0.25, 0.3) is 0 Å². The molecule has 1 amide bonds. The van der Waals surface area contributed by atoms with Gasteiger partial charge in [0, 0.05) is 24.3 Å². The fourth-order valence-corrected chi connectivity index (χ4v) is 2.11. The molecule has 0 bridgehead atoms. The third-order valence-electron chi connectivity index (χ3n) is 3.29. The first-order chi connectivity index (χ1) is 8.75. The molecule has 0 aromatic heterocycles. The Morgan fingerprint density at radius 3 is 2.89 bits per heavy atom. The summed E-state index contributed by atoms with van der Waals surface area (Å²) in [5, 5.41) is 6.11. The number of carbonyl (C=O) groups is 1. The van der Waals surface area contributed by atoms with Crippen molar-refractivity contribution in [3.8, 4) is 0 Å². The van der Waals surface area contributed by atoms with E-state index in [1.54, 1.807) is 0 Å². The molecule has 0 spiro atoms. The minimum atomic E-state index is 0.0262. The second kappa shape index (κ2) is 6.40. The van der Waals surface area contributed by atoms with Crippen LogP contribution in [0.2, 0.25) is 0 Å². The summed E-state index contributed by atoms with van der Waals surface area (Å²) >= 11 is 0. The molecule has 1 heterocycles. The summed E-state index contributed by atoms with van der Waals surface area (Å²) in [6, 6.07) is 9.91. The van der Waals surface area contributed by atoms with Gasteiger partial charge in [-0.1, -0.05) is 18.2 Å². The van der Waals surface area contributed by atoms with E-state index in [1.165, 1.54) is 0 Å². The van der Waals surface area contributed by atoms with Gasteiger partial charge in [0.05, 0.1) is 13.2 Å². The van der Waals surface area contributed by atoms with Crippen LogP contribution in [0.4, 0.5) is 5.69 Å². The van der Waals surface area contributed by atoms with E-state index in [4.69, 9.17) is 4.74 Å². The zero-order chi connectivity index (χ0) is 12.8. The van der Waals surface area contributed by atoms with Crippen molar-refractivity contribution in [3.05, 3.63) is 30.3 Å². The van der Waals surface area contributed by atoms with Gasteiger partial charge in [-0.15, -0.1) is 0 Å². The van der Waals surface area contributed by atoms with E-state index >= 15 is 0 Å². The maximum atomic E-state index is 11.8. The van der Waals surface area contributed by atoms with Gasteiger partial charge in [0.25, 0.3) is 0 Å². The molecule has 1 aromatic rings. The van der Waals surface area contributed by atoms with Crippen molar-refractivity contribution in [1.29, 1.82) is 0 Å². The van der Waals surface area contributed by atoms with Crippen molar-refractivity contribution in [1.82, 2.24) is 5.32 Å². The molecule has 2 rings (SSSR count). The zero-order valence-electron chi connectivity index (χ0n) is 10.7. The number of benzene rings is 1. The molecule has 4 nitrogen and oxygen atoms in total. The van der Waals surface area contributed by atoms with Crippen LogP contribution in [0.15, 0.2) is 30.3 Å². The number of para-hydroxylation sites is 1. The fraction of sp³-hybridized carbons (Fsp3) is 0.500. The maximum absolute atomic E-state index is 11.8. The van der Waals surface area contributed by atoms with E-state index in [-0.39, 0.29) is 11.9 Å². The number of ether oxygens (including phenoxy) is 1. The third kappa shape index (κ3) is 3.74. The van der Waals surface area contributed by atoms with Crippen LogP contribution in [0, 0.1) is 5.92 Å². The normalized spacial score (nSPS) is 20.4. The Hall–Kier alpha value is -1.55. The minimum Gasteiger partial charge on any atom is -0.381 e. The molecular weight excluding hydrogens is 228 g/mol. The summed E-state index contributed by atoms with van der Waals surface area (Å²) < 4.78 is 5.32. The molecule has 1 fully saturated rings. The Morgan fingerprint density at radius 1 is 1.44 bits per heavy atom. The van der Waals surface area contributed by atoms with Crippen LogP contribution in [0.1, 0.15) is 13.3 Å². The molecule has 98 valence electrons. The van der Waals surface area contributed by atoms with Gasteiger partial charge >= 0.3 is 0 Å². The zero-order valence-corrected chi connectivity index (χ0v) is 10.7. The average molecular weight is 248 g/mol. The van der Waals surface area contributed by atoms with Crippen LogP contribution in [-0.4, -0.2) is 31.7 Å². The van der Waals surface area contributed by atoms with Crippen LogP contribution >= 0.6 is 0 Å². The van der Waals surface area contributed by atoms with Gasteiger partial charge in [0.2, 0.25) is 5.91 Å². The SMILES string of the molecule is CC(NC(=O)CNc1ccccc1)C1CCOC1. The molecule has 1 aliphatic rings. The average Bonchev–Trinajstić information content (AvgIpc) is 2.91. The van der Waals surface area contributed by atoms with Gasteiger partial charge in [-0.05, 0) is 25.5 Å². The molecule has 0 radical (unpaired) electrons. The highest BCUT2D eigenvalue weighted by atomic mass is 16.5. The minimum absolute atomic E-state index is 0.0262. The lowest BCUT2D eigenvalue weighted by molar-refractivity contribution is -0.120. The lowest BCUT2D eigenvalue weighted by Crippen LogP contribution is -2.41. The Balaban J connectivity index is 1.71. The Bertz CT molecular complexity index is 375. The molecule has 1 aromatic carbocycles. The standard InChI is InChI=1S/C14H20N2O2/c1-11(12-7-8-18-10-12)16-14(17)9-15-13-5-3-2-4-6-13/h2-6,11-12,15H,7-10H2,1H3,(H,16,17). The first kappa shape index (κ1) is 12.9. The molecular formula is C14H20N2O2. The van der Waals surface area contributed by atoms with Gasteiger partial charge < -0.3 is 15.4 Å². The fourth-order valence-electron chi connectivity index (χ4n) is 2.11.